The van der Waals surface area contributed by atoms with Gasteiger partial charge in [0.1, 0.15) is 23.0 Å². The van der Waals surface area contributed by atoms with Crippen LogP contribution in [0.5, 0.6) is 23.0 Å². The summed E-state index contributed by atoms with van der Waals surface area (Å²) in [5.74, 6) is 3.86. The average Bonchev–Trinajstić information content (AvgIpc) is 1.51. The summed E-state index contributed by atoms with van der Waals surface area (Å²) >= 11 is 0. The van der Waals surface area contributed by atoms with E-state index in [-0.39, 0.29) is 10.8 Å². The highest BCUT2D eigenvalue weighted by Crippen LogP contribution is 2.65. The van der Waals surface area contributed by atoms with E-state index in [4.69, 9.17) is 9.47 Å². The lowest BCUT2D eigenvalue weighted by Crippen LogP contribution is -2.26. The maximum Gasteiger partial charge on any atom is 0.131 e. The maximum absolute atomic E-state index is 5.99. The summed E-state index contributed by atoms with van der Waals surface area (Å²) in [4.78, 5) is 0. The molecule has 1 aliphatic heterocycles. The highest BCUT2D eigenvalue weighted by atomic mass is 16.5. The Morgan fingerprint density at radius 3 is 1.35 bits per heavy atom. The van der Waals surface area contributed by atoms with Crippen molar-refractivity contribution in [3.63, 3.8) is 0 Å². The highest BCUT2D eigenvalue weighted by Gasteiger charge is 2.52. The first-order valence-electron chi connectivity index (χ1n) is 37.3. The van der Waals surface area contributed by atoms with Crippen molar-refractivity contribution in [1.29, 1.82) is 0 Å². The quantitative estimate of drug-likeness (QED) is 0.172. The van der Waals surface area contributed by atoms with E-state index in [0.29, 0.717) is 0 Å². The second-order valence-corrected chi connectivity index (χ2v) is 31.0. The molecular formula is C101H98O2. The zero-order valence-corrected chi connectivity index (χ0v) is 64.2. The van der Waals surface area contributed by atoms with Crippen LogP contribution in [0.15, 0.2) is 211 Å². The van der Waals surface area contributed by atoms with E-state index in [0.717, 1.165) is 48.7 Å². The number of hydrogen-bond acceptors (Lipinski definition) is 2. The third kappa shape index (κ3) is 10.9. The van der Waals surface area contributed by atoms with Crippen LogP contribution in [0.4, 0.5) is 0 Å². The Bertz CT molecular complexity index is 5550. The molecule has 0 N–H and O–H groups in total. The summed E-state index contributed by atoms with van der Waals surface area (Å²) in [6, 6.07) is 71.8. The molecule has 12 aromatic rings. The molecular weight excluding hydrogens is 1250 g/mol. The second kappa shape index (κ2) is 26.2. The fourth-order valence-corrected chi connectivity index (χ4v) is 18.7. The Kier molecular flexibility index (Phi) is 17.4. The number of aryl methyl sites for hydroxylation is 3. The lowest BCUT2D eigenvalue weighted by atomic mass is 9.70. The summed E-state index contributed by atoms with van der Waals surface area (Å²) in [6.45, 7) is 42.9. The predicted octanol–water partition coefficient (Wildman–Crippen LogP) is 26.4. The van der Waals surface area contributed by atoms with Crippen LogP contribution in [0.2, 0.25) is 0 Å². The average molecular weight is 1340 g/mol. The Morgan fingerprint density at radius 1 is 0.282 bits per heavy atom. The normalized spacial score (nSPS) is 14.4. The topological polar surface area (TPSA) is 18.5 Å². The van der Waals surface area contributed by atoms with E-state index in [1.54, 1.807) is 39.0 Å². The van der Waals surface area contributed by atoms with Crippen molar-refractivity contribution >= 4 is 11.1 Å². The van der Waals surface area contributed by atoms with E-state index in [9.17, 15) is 0 Å². The van der Waals surface area contributed by atoms with Crippen molar-refractivity contribution in [2.24, 2.45) is 5.41 Å². The van der Waals surface area contributed by atoms with Crippen LogP contribution in [-0.2, 0) is 31.1 Å². The molecule has 1 heterocycles. The van der Waals surface area contributed by atoms with E-state index < -0.39 is 0 Å². The van der Waals surface area contributed by atoms with E-state index >= 15 is 0 Å². The van der Waals surface area contributed by atoms with Gasteiger partial charge in [-0.3, -0.25) is 0 Å². The van der Waals surface area contributed by atoms with Crippen LogP contribution in [-0.4, -0.2) is 0 Å². The largest absolute Gasteiger partial charge is 0.457 e. The molecule has 0 fully saturated rings. The number of benzene rings is 12. The van der Waals surface area contributed by atoms with Crippen molar-refractivity contribution in [2.75, 3.05) is 0 Å². The first kappa shape index (κ1) is 68.5. The van der Waals surface area contributed by atoms with Gasteiger partial charge in [0.15, 0.2) is 0 Å². The van der Waals surface area contributed by atoms with Crippen LogP contribution < -0.4 is 9.47 Å². The highest BCUT2D eigenvalue weighted by molar-refractivity contribution is 6.04. The van der Waals surface area contributed by atoms with Crippen LogP contribution in [0.3, 0.4) is 0 Å². The Balaban J connectivity index is 0.000000106. The van der Waals surface area contributed by atoms with Gasteiger partial charge in [0, 0.05) is 17.4 Å². The fraction of sp³-hybridized carbons (Fsp3) is 0.248. The molecule has 0 bridgehead atoms. The number of allylic oxidation sites excluding steroid dienone is 4. The summed E-state index contributed by atoms with van der Waals surface area (Å²) in [5, 5.41) is 0. The number of rotatable bonds is 2. The summed E-state index contributed by atoms with van der Waals surface area (Å²) in [7, 11) is 0. The number of hydrogen-bond donors (Lipinski definition) is 0. The summed E-state index contributed by atoms with van der Waals surface area (Å²) in [6.07, 6.45) is 4.35. The molecule has 19 rings (SSSR count). The van der Waals surface area contributed by atoms with E-state index in [1.165, 1.54) is 178 Å². The molecule has 0 saturated heterocycles. The molecule has 6 aliphatic carbocycles. The SMILES string of the molecule is Cc1c(C)c(C)c2c(c1C)CC1=C2C(C)(C)C2=C1Cc1ccccc12.Cc1c(C)c(C)c2c(c1C)Cc1ccccc1-2.Cc1cc2c(c(C)c1C)-c1ccccc1C21c2ccccc2-c2ccccc21.Cc1cc2c(c(C)c1C)Cc1ccccc1O2.Cc1ccc(Oc2ccccc2)c(C)c1C. The number of para-hydroxylation sites is 2. The van der Waals surface area contributed by atoms with Crippen LogP contribution >= 0.6 is 0 Å². The molecule has 1 spiro atoms. The first-order valence-corrected chi connectivity index (χ1v) is 37.3. The molecule has 0 saturated carbocycles. The molecule has 0 unspecified atom stereocenters. The van der Waals surface area contributed by atoms with Crippen molar-refractivity contribution in [3.05, 3.63) is 373 Å². The molecule has 0 atom stereocenters. The monoisotopic (exact) mass is 1340 g/mol. The van der Waals surface area contributed by atoms with Gasteiger partial charge in [0.2, 0.25) is 0 Å². The van der Waals surface area contributed by atoms with Crippen LogP contribution in [0.25, 0.3) is 44.5 Å². The van der Waals surface area contributed by atoms with Gasteiger partial charge in [0.25, 0.3) is 0 Å². The van der Waals surface area contributed by atoms with Gasteiger partial charge < -0.3 is 9.47 Å². The molecule has 103 heavy (non-hydrogen) atoms. The molecule has 0 amide bonds. The van der Waals surface area contributed by atoms with Crippen molar-refractivity contribution < 1.29 is 9.47 Å². The third-order valence-electron chi connectivity index (χ3n) is 25.7. The minimum atomic E-state index is -0.206. The lowest BCUT2D eigenvalue weighted by Gasteiger charge is -2.31. The minimum absolute atomic E-state index is 0.113. The van der Waals surface area contributed by atoms with Crippen molar-refractivity contribution in [3.8, 4) is 56.4 Å². The summed E-state index contributed by atoms with van der Waals surface area (Å²) < 4.78 is 11.8. The Hall–Kier alpha value is -10.3. The van der Waals surface area contributed by atoms with Gasteiger partial charge in [-0.2, -0.15) is 0 Å². The predicted molar refractivity (Wildman–Crippen MR) is 435 cm³/mol. The molecule has 2 nitrogen and oxygen atoms in total. The van der Waals surface area contributed by atoms with E-state index in [1.807, 2.05) is 48.5 Å². The molecule has 7 aliphatic rings. The zero-order chi connectivity index (χ0) is 72.4. The molecule has 514 valence electrons. The third-order valence-corrected chi connectivity index (χ3v) is 25.7. The first-order chi connectivity index (χ1) is 49.4. The van der Waals surface area contributed by atoms with Gasteiger partial charge in [-0.15, -0.1) is 0 Å². The van der Waals surface area contributed by atoms with Gasteiger partial charge in [-0.1, -0.05) is 184 Å². The molecule has 12 aromatic carbocycles. The fourth-order valence-electron chi connectivity index (χ4n) is 18.7. The Morgan fingerprint density at radius 2 is 0.718 bits per heavy atom. The molecule has 0 aromatic heterocycles. The Labute approximate surface area is 613 Å². The van der Waals surface area contributed by atoms with Gasteiger partial charge in [-0.25, -0.2) is 0 Å². The van der Waals surface area contributed by atoms with Crippen LogP contribution in [0, 0.1) is 123 Å². The van der Waals surface area contributed by atoms with Gasteiger partial charge >= 0.3 is 0 Å². The van der Waals surface area contributed by atoms with E-state index in [2.05, 4.69) is 283 Å². The summed E-state index contributed by atoms with van der Waals surface area (Å²) in [5.41, 5.74) is 56.4. The standard InChI is InChI=1S/C28H22.C25H26.C17H18.C16H16O.C15H16O/c1-17-16-26-27(19(3)18(17)2)22-12-6-9-15-25(22)28(26)23-13-7-4-10-20(23)21-11-5-8-14-24(21)28;1-13-14(2)16(4)22-19(15(13)3)12-21-20-11-17-9-7-8-10-18(17)23(20)25(5,6)24(21)22;1-10-11(2)13(4)17-15-8-6-5-7-14(15)9-16(17)12(10)3;1-10-8-16-14(12(3)11(10)2)9-13-6-4-5-7-15(13)17-16;1-11-9-10-15(13(3)12(11)2)16-14-7-5-4-6-8-14/h4-16H,1-3H3;7-10H,11-12H2,1-6H3;5-8H,9H2,1-4H3;4-8H,9H2,1-3H3;4-10H,1-3H3. The van der Waals surface area contributed by atoms with Gasteiger partial charge in [-0.05, 0) is 379 Å². The molecule has 2 heteroatoms. The smallest absolute Gasteiger partial charge is 0.131 e. The van der Waals surface area contributed by atoms with Crippen molar-refractivity contribution in [1.82, 2.24) is 0 Å². The zero-order valence-electron chi connectivity index (χ0n) is 64.2. The maximum atomic E-state index is 5.99. The minimum Gasteiger partial charge on any atom is -0.457 e. The number of ether oxygens (including phenoxy) is 2. The van der Waals surface area contributed by atoms with Crippen LogP contribution in [0.1, 0.15) is 175 Å². The lowest BCUT2D eigenvalue weighted by molar-refractivity contribution is 0.458. The number of fused-ring (bicyclic) bond motifs is 20. The van der Waals surface area contributed by atoms with Crippen molar-refractivity contribution in [2.45, 2.75) is 163 Å². The van der Waals surface area contributed by atoms with Gasteiger partial charge in [0.05, 0.1) is 5.41 Å². The molecule has 0 radical (unpaired) electrons. The second-order valence-electron chi connectivity index (χ2n) is 31.0.